The number of hydrogen-bond acceptors (Lipinski definition) is 4. The highest BCUT2D eigenvalue weighted by molar-refractivity contribution is 5.62. The van der Waals surface area contributed by atoms with Gasteiger partial charge in [0, 0.05) is 11.6 Å². The minimum atomic E-state index is -1.42. The predicted octanol–water partition coefficient (Wildman–Crippen LogP) is 1.24. The van der Waals surface area contributed by atoms with Gasteiger partial charge in [-0.3, -0.25) is 0 Å². The first-order valence-electron chi connectivity index (χ1n) is 3.86. The van der Waals surface area contributed by atoms with Gasteiger partial charge in [0.1, 0.15) is 11.5 Å². The lowest BCUT2D eigenvalue weighted by Crippen LogP contribution is -2.05. The summed E-state index contributed by atoms with van der Waals surface area (Å²) in [5, 5.41) is 17.3. The van der Waals surface area contributed by atoms with E-state index in [1.165, 1.54) is 19.2 Å². The summed E-state index contributed by atoms with van der Waals surface area (Å²) < 4.78 is 9.34. The summed E-state index contributed by atoms with van der Waals surface area (Å²) in [6, 6.07) is 4.55. The van der Waals surface area contributed by atoms with Crippen LogP contribution in [0.5, 0.6) is 11.5 Å². The average molecular weight is 198 g/mol. The minimum Gasteiger partial charge on any atom is -0.497 e. The van der Waals surface area contributed by atoms with Crippen LogP contribution >= 0.6 is 0 Å². The summed E-state index contributed by atoms with van der Waals surface area (Å²) in [5.41, 5.74) is 0.396. The van der Waals surface area contributed by atoms with Gasteiger partial charge in [-0.05, 0) is 12.1 Å². The van der Waals surface area contributed by atoms with E-state index < -0.39 is 6.16 Å². The molecule has 0 aliphatic heterocycles. The number of carbonyl (C=O) groups is 1. The van der Waals surface area contributed by atoms with Crippen molar-refractivity contribution in [3.63, 3.8) is 0 Å². The summed E-state index contributed by atoms with van der Waals surface area (Å²) >= 11 is 0. The van der Waals surface area contributed by atoms with Crippen molar-refractivity contribution in [3.05, 3.63) is 23.8 Å². The van der Waals surface area contributed by atoms with Gasteiger partial charge in [0.25, 0.3) is 0 Å². The van der Waals surface area contributed by atoms with Gasteiger partial charge < -0.3 is 19.7 Å². The Morgan fingerprint density at radius 1 is 1.50 bits per heavy atom. The Labute approximate surface area is 80.5 Å². The SMILES string of the molecule is COc1ccc(CO)c(OC(=O)O)c1. The van der Waals surface area contributed by atoms with Gasteiger partial charge >= 0.3 is 6.16 Å². The number of rotatable bonds is 3. The average Bonchev–Trinajstić information content (AvgIpc) is 2.16. The minimum absolute atomic E-state index is 0.0827. The molecule has 0 atom stereocenters. The first kappa shape index (κ1) is 10.3. The van der Waals surface area contributed by atoms with Crippen molar-refractivity contribution in [2.75, 3.05) is 7.11 Å². The lowest BCUT2D eigenvalue weighted by atomic mass is 10.2. The third-order valence-electron chi connectivity index (χ3n) is 1.64. The van der Waals surface area contributed by atoms with E-state index in [1.54, 1.807) is 6.07 Å². The van der Waals surface area contributed by atoms with E-state index >= 15 is 0 Å². The molecule has 0 saturated carbocycles. The van der Waals surface area contributed by atoms with Crippen LogP contribution in [-0.2, 0) is 6.61 Å². The second-order valence-corrected chi connectivity index (χ2v) is 2.50. The van der Waals surface area contributed by atoms with Gasteiger partial charge in [-0.2, -0.15) is 0 Å². The van der Waals surface area contributed by atoms with Crippen molar-refractivity contribution in [1.29, 1.82) is 0 Å². The van der Waals surface area contributed by atoms with Crippen molar-refractivity contribution in [3.8, 4) is 11.5 Å². The second-order valence-electron chi connectivity index (χ2n) is 2.50. The molecule has 5 heteroatoms. The first-order chi connectivity index (χ1) is 6.67. The van der Waals surface area contributed by atoms with Gasteiger partial charge in [0.15, 0.2) is 0 Å². The van der Waals surface area contributed by atoms with Crippen LogP contribution in [0, 0.1) is 0 Å². The second kappa shape index (κ2) is 4.48. The predicted molar refractivity (Wildman–Crippen MR) is 47.6 cm³/mol. The summed E-state index contributed by atoms with van der Waals surface area (Å²) in [4.78, 5) is 10.3. The van der Waals surface area contributed by atoms with Crippen molar-refractivity contribution in [2.24, 2.45) is 0 Å². The molecule has 0 aliphatic rings. The quantitative estimate of drug-likeness (QED) is 0.564. The maximum absolute atomic E-state index is 10.3. The molecule has 0 spiro atoms. The molecule has 0 bridgehead atoms. The fraction of sp³-hybridized carbons (Fsp3) is 0.222. The van der Waals surface area contributed by atoms with Crippen LogP contribution in [0.1, 0.15) is 5.56 Å². The molecule has 2 N–H and O–H groups in total. The maximum Gasteiger partial charge on any atom is 0.511 e. The van der Waals surface area contributed by atoms with E-state index in [2.05, 4.69) is 4.74 Å². The van der Waals surface area contributed by atoms with Gasteiger partial charge in [-0.25, -0.2) is 4.79 Å². The van der Waals surface area contributed by atoms with Gasteiger partial charge in [0.2, 0.25) is 0 Å². The van der Waals surface area contributed by atoms with Gasteiger partial charge in [-0.1, -0.05) is 0 Å². The third kappa shape index (κ3) is 2.37. The zero-order chi connectivity index (χ0) is 10.6. The molecule has 0 heterocycles. The molecule has 0 unspecified atom stereocenters. The molecule has 0 saturated heterocycles. The monoisotopic (exact) mass is 198 g/mol. The van der Waals surface area contributed by atoms with Crippen molar-refractivity contribution < 1.29 is 24.5 Å². The Bertz CT molecular complexity index is 334. The Morgan fingerprint density at radius 2 is 2.21 bits per heavy atom. The molecule has 0 radical (unpaired) electrons. The molecule has 1 aromatic carbocycles. The number of carboxylic acid groups (broad SMARTS) is 1. The third-order valence-corrected chi connectivity index (χ3v) is 1.64. The summed E-state index contributed by atoms with van der Waals surface area (Å²) in [5.74, 6) is 0.554. The standard InChI is InChI=1S/C9H10O5/c1-13-7-3-2-6(5-10)8(4-7)14-9(11)12/h2-4,10H,5H2,1H3,(H,11,12). The van der Waals surface area contributed by atoms with Crippen LogP contribution < -0.4 is 9.47 Å². The van der Waals surface area contributed by atoms with E-state index in [0.29, 0.717) is 11.3 Å². The van der Waals surface area contributed by atoms with E-state index in [9.17, 15) is 4.79 Å². The highest BCUT2D eigenvalue weighted by atomic mass is 16.7. The van der Waals surface area contributed by atoms with E-state index in [-0.39, 0.29) is 12.4 Å². The molecule has 76 valence electrons. The molecule has 1 rings (SSSR count). The zero-order valence-corrected chi connectivity index (χ0v) is 7.56. The Morgan fingerprint density at radius 3 is 2.71 bits per heavy atom. The topological polar surface area (TPSA) is 76.0 Å². The smallest absolute Gasteiger partial charge is 0.497 e. The zero-order valence-electron chi connectivity index (χ0n) is 7.56. The molecule has 0 amide bonds. The normalized spacial score (nSPS) is 9.57. The van der Waals surface area contributed by atoms with E-state index in [1.807, 2.05) is 0 Å². The summed E-state index contributed by atoms with van der Waals surface area (Å²) in [6.45, 7) is -0.285. The van der Waals surface area contributed by atoms with Crippen LogP contribution in [-0.4, -0.2) is 23.5 Å². The Balaban J connectivity index is 3.01. The Hall–Kier alpha value is -1.75. The van der Waals surface area contributed by atoms with Gasteiger partial charge in [0.05, 0.1) is 13.7 Å². The summed E-state index contributed by atoms with van der Waals surface area (Å²) in [6.07, 6.45) is -1.42. The van der Waals surface area contributed by atoms with Crippen LogP contribution in [0.2, 0.25) is 0 Å². The number of aliphatic hydroxyl groups is 1. The Kier molecular flexibility index (Phi) is 3.30. The molecule has 0 aromatic heterocycles. The van der Waals surface area contributed by atoms with Crippen LogP contribution in [0.3, 0.4) is 0 Å². The number of methoxy groups -OCH3 is 1. The fourth-order valence-corrected chi connectivity index (χ4v) is 0.982. The summed E-state index contributed by atoms with van der Waals surface area (Å²) in [7, 11) is 1.46. The molecule has 14 heavy (non-hydrogen) atoms. The molecule has 0 fully saturated rings. The number of benzene rings is 1. The highest BCUT2D eigenvalue weighted by Crippen LogP contribution is 2.24. The lowest BCUT2D eigenvalue weighted by Gasteiger charge is -2.07. The van der Waals surface area contributed by atoms with Crippen LogP contribution in [0.15, 0.2) is 18.2 Å². The van der Waals surface area contributed by atoms with E-state index in [0.717, 1.165) is 0 Å². The molecular weight excluding hydrogens is 188 g/mol. The molecular formula is C9H10O5. The molecule has 5 nitrogen and oxygen atoms in total. The number of aliphatic hydroxyl groups excluding tert-OH is 1. The number of hydrogen-bond donors (Lipinski definition) is 2. The molecule has 1 aromatic rings. The van der Waals surface area contributed by atoms with Crippen LogP contribution in [0.4, 0.5) is 4.79 Å². The highest BCUT2D eigenvalue weighted by Gasteiger charge is 2.08. The lowest BCUT2D eigenvalue weighted by molar-refractivity contribution is 0.143. The first-order valence-corrected chi connectivity index (χ1v) is 3.86. The van der Waals surface area contributed by atoms with Crippen molar-refractivity contribution >= 4 is 6.16 Å². The van der Waals surface area contributed by atoms with Crippen molar-refractivity contribution in [1.82, 2.24) is 0 Å². The van der Waals surface area contributed by atoms with E-state index in [4.69, 9.17) is 14.9 Å². The van der Waals surface area contributed by atoms with Crippen LogP contribution in [0.25, 0.3) is 0 Å². The maximum atomic E-state index is 10.3. The molecule has 0 aliphatic carbocycles. The fourth-order valence-electron chi connectivity index (χ4n) is 0.982. The largest absolute Gasteiger partial charge is 0.511 e. The van der Waals surface area contributed by atoms with Crippen molar-refractivity contribution in [2.45, 2.75) is 6.61 Å². The number of ether oxygens (including phenoxy) is 2. The van der Waals surface area contributed by atoms with Gasteiger partial charge in [-0.15, -0.1) is 0 Å².